The van der Waals surface area contributed by atoms with Crippen LogP contribution in [0.1, 0.15) is 44.4 Å². The fourth-order valence-electron chi connectivity index (χ4n) is 3.01. The maximum Gasteiger partial charge on any atom is 0.0437 e. The highest BCUT2D eigenvalue weighted by Gasteiger charge is 2.35. The summed E-state index contributed by atoms with van der Waals surface area (Å²) in [6.07, 6.45) is 6.40. The van der Waals surface area contributed by atoms with Gasteiger partial charge in [0.25, 0.3) is 0 Å². The highest BCUT2D eigenvalue weighted by atomic mass is 32.1. The first-order chi connectivity index (χ1) is 9.14. The Morgan fingerprint density at radius 1 is 1.32 bits per heavy atom. The molecule has 1 aliphatic heterocycles. The highest BCUT2D eigenvalue weighted by Crippen LogP contribution is 2.26. The Morgan fingerprint density at radius 2 is 2.00 bits per heavy atom. The van der Waals surface area contributed by atoms with Crippen LogP contribution in [0.4, 0.5) is 0 Å². The van der Waals surface area contributed by atoms with Gasteiger partial charge in [-0.25, -0.2) is 0 Å². The second-order valence-electron chi connectivity index (χ2n) is 6.06. The first-order valence-corrected chi connectivity index (χ1v) is 8.26. The molecule has 2 rings (SSSR count). The van der Waals surface area contributed by atoms with Gasteiger partial charge >= 0.3 is 0 Å². The van der Waals surface area contributed by atoms with Gasteiger partial charge in [0, 0.05) is 22.9 Å². The molecule has 108 valence electrons. The summed E-state index contributed by atoms with van der Waals surface area (Å²) in [5, 5.41) is 2.14. The molecule has 4 heteroatoms. The summed E-state index contributed by atoms with van der Waals surface area (Å²) in [5.74, 6) is 5.85. The predicted octanol–water partition coefficient (Wildman–Crippen LogP) is 2.78. The minimum Gasteiger partial charge on any atom is -0.297 e. The van der Waals surface area contributed by atoms with E-state index in [1.807, 2.05) is 11.3 Å². The normalized spacial score (nSPS) is 20.2. The molecular formula is C15H27N3S. The van der Waals surface area contributed by atoms with Crippen LogP contribution in [0.2, 0.25) is 0 Å². The molecule has 1 aromatic heterocycles. The molecule has 0 radical (unpaired) electrons. The van der Waals surface area contributed by atoms with Crippen LogP contribution in [0.5, 0.6) is 0 Å². The molecule has 0 spiro atoms. The predicted molar refractivity (Wildman–Crippen MR) is 83.3 cm³/mol. The van der Waals surface area contributed by atoms with Crippen LogP contribution >= 0.6 is 11.3 Å². The van der Waals surface area contributed by atoms with Crippen LogP contribution in [0.3, 0.4) is 0 Å². The van der Waals surface area contributed by atoms with E-state index in [9.17, 15) is 0 Å². The zero-order valence-corrected chi connectivity index (χ0v) is 13.0. The third kappa shape index (κ3) is 3.78. The maximum absolute atomic E-state index is 5.85. The minimum absolute atomic E-state index is 0.100. The number of hydrazine groups is 1. The number of likely N-dealkylation sites (tertiary alicyclic amines) is 1. The molecular weight excluding hydrogens is 254 g/mol. The van der Waals surface area contributed by atoms with Crippen LogP contribution in [0.25, 0.3) is 0 Å². The van der Waals surface area contributed by atoms with Gasteiger partial charge in [-0.05, 0) is 51.2 Å². The summed E-state index contributed by atoms with van der Waals surface area (Å²) in [7, 11) is 0. The molecule has 1 aromatic rings. The Labute approximate surface area is 121 Å². The standard InChI is InChI=1S/C15H27N3S/c1-15(2,18-9-5-3-4-6-10-18)14(17-16)12-13-8-7-11-19-13/h7-8,11,14,17H,3-6,9-10,12,16H2,1-2H3. The Hall–Kier alpha value is -0.420. The smallest absolute Gasteiger partial charge is 0.0437 e. The largest absolute Gasteiger partial charge is 0.297 e. The highest BCUT2D eigenvalue weighted by molar-refractivity contribution is 7.09. The molecule has 19 heavy (non-hydrogen) atoms. The van der Waals surface area contributed by atoms with E-state index in [4.69, 9.17) is 5.84 Å². The van der Waals surface area contributed by atoms with Crippen LogP contribution in [-0.2, 0) is 6.42 Å². The van der Waals surface area contributed by atoms with Gasteiger partial charge in [-0.3, -0.25) is 16.2 Å². The van der Waals surface area contributed by atoms with Gasteiger partial charge in [-0.2, -0.15) is 0 Å². The Morgan fingerprint density at radius 3 is 2.53 bits per heavy atom. The monoisotopic (exact) mass is 281 g/mol. The molecule has 2 heterocycles. The van der Waals surface area contributed by atoms with Crippen molar-refractivity contribution in [2.24, 2.45) is 5.84 Å². The van der Waals surface area contributed by atoms with Crippen LogP contribution in [0, 0.1) is 0 Å². The lowest BCUT2D eigenvalue weighted by atomic mass is 9.89. The van der Waals surface area contributed by atoms with E-state index in [0.29, 0.717) is 6.04 Å². The molecule has 0 aromatic carbocycles. The fraction of sp³-hybridized carbons (Fsp3) is 0.733. The first kappa shape index (κ1) is 15.0. The maximum atomic E-state index is 5.85. The minimum atomic E-state index is 0.100. The summed E-state index contributed by atoms with van der Waals surface area (Å²) in [6, 6.07) is 4.62. The fourth-order valence-corrected chi connectivity index (χ4v) is 3.76. The molecule has 1 fully saturated rings. The van der Waals surface area contributed by atoms with Crippen LogP contribution in [0.15, 0.2) is 17.5 Å². The Kier molecular flexibility index (Phi) is 5.39. The van der Waals surface area contributed by atoms with Crippen molar-refractivity contribution in [2.45, 2.75) is 57.5 Å². The summed E-state index contributed by atoms with van der Waals surface area (Å²) in [5.41, 5.74) is 3.16. The van der Waals surface area contributed by atoms with Gasteiger partial charge in [-0.1, -0.05) is 18.9 Å². The van der Waals surface area contributed by atoms with Crippen molar-refractivity contribution < 1.29 is 0 Å². The lowest BCUT2D eigenvalue weighted by Gasteiger charge is -2.43. The van der Waals surface area contributed by atoms with E-state index in [2.05, 4.69) is 41.7 Å². The number of nitrogens with one attached hydrogen (secondary N) is 1. The molecule has 1 aliphatic rings. The molecule has 3 N–H and O–H groups in total. The van der Waals surface area contributed by atoms with E-state index < -0.39 is 0 Å². The van der Waals surface area contributed by atoms with Crippen molar-refractivity contribution in [3.8, 4) is 0 Å². The molecule has 1 atom stereocenters. The first-order valence-electron chi connectivity index (χ1n) is 7.38. The second-order valence-corrected chi connectivity index (χ2v) is 7.09. The Bertz CT molecular complexity index is 353. The SMILES string of the molecule is CC(C)(C(Cc1cccs1)NN)N1CCCCCC1. The van der Waals surface area contributed by atoms with Crippen molar-refractivity contribution in [3.05, 3.63) is 22.4 Å². The topological polar surface area (TPSA) is 41.3 Å². The van der Waals surface area contributed by atoms with Gasteiger partial charge < -0.3 is 0 Å². The zero-order chi connectivity index (χ0) is 13.7. The summed E-state index contributed by atoms with van der Waals surface area (Å²) in [4.78, 5) is 4.03. The molecule has 3 nitrogen and oxygen atoms in total. The van der Waals surface area contributed by atoms with Gasteiger partial charge in [0.15, 0.2) is 0 Å². The molecule has 1 unspecified atom stereocenters. The lowest BCUT2D eigenvalue weighted by molar-refractivity contribution is 0.0838. The lowest BCUT2D eigenvalue weighted by Crippen LogP contribution is -2.60. The van der Waals surface area contributed by atoms with E-state index in [0.717, 1.165) is 6.42 Å². The summed E-state index contributed by atoms with van der Waals surface area (Å²) >= 11 is 1.82. The number of thiophene rings is 1. The Balaban J connectivity index is 2.05. The van der Waals surface area contributed by atoms with E-state index in [1.54, 1.807) is 0 Å². The van der Waals surface area contributed by atoms with E-state index in [1.165, 1.54) is 43.6 Å². The molecule has 0 bridgehead atoms. The third-order valence-electron chi connectivity index (χ3n) is 4.46. The van der Waals surface area contributed by atoms with Crippen LogP contribution in [-0.4, -0.2) is 29.6 Å². The van der Waals surface area contributed by atoms with Gasteiger partial charge in [0.05, 0.1) is 0 Å². The number of nitrogens with two attached hydrogens (primary N) is 1. The second kappa shape index (κ2) is 6.84. The van der Waals surface area contributed by atoms with Crippen molar-refractivity contribution in [2.75, 3.05) is 13.1 Å². The zero-order valence-electron chi connectivity index (χ0n) is 12.2. The molecule has 0 aliphatic carbocycles. The van der Waals surface area contributed by atoms with Crippen molar-refractivity contribution in [1.29, 1.82) is 0 Å². The summed E-state index contributed by atoms with van der Waals surface area (Å²) < 4.78 is 0. The van der Waals surface area contributed by atoms with E-state index in [-0.39, 0.29) is 5.54 Å². The number of nitrogens with zero attached hydrogens (tertiary/aromatic N) is 1. The number of hydrogen-bond acceptors (Lipinski definition) is 4. The van der Waals surface area contributed by atoms with Gasteiger partial charge in [0.1, 0.15) is 0 Å². The van der Waals surface area contributed by atoms with Crippen molar-refractivity contribution >= 4 is 11.3 Å². The van der Waals surface area contributed by atoms with E-state index >= 15 is 0 Å². The average Bonchev–Trinajstić information content (AvgIpc) is 2.74. The van der Waals surface area contributed by atoms with Gasteiger partial charge in [-0.15, -0.1) is 11.3 Å². The number of rotatable bonds is 5. The average molecular weight is 281 g/mol. The number of hydrogen-bond donors (Lipinski definition) is 2. The van der Waals surface area contributed by atoms with Crippen molar-refractivity contribution in [3.63, 3.8) is 0 Å². The van der Waals surface area contributed by atoms with Gasteiger partial charge in [0.2, 0.25) is 0 Å². The third-order valence-corrected chi connectivity index (χ3v) is 5.36. The molecule has 0 saturated carbocycles. The van der Waals surface area contributed by atoms with Crippen molar-refractivity contribution in [1.82, 2.24) is 10.3 Å². The summed E-state index contributed by atoms with van der Waals surface area (Å²) in [6.45, 7) is 7.07. The molecule has 0 amide bonds. The molecule has 1 saturated heterocycles. The van der Waals surface area contributed by atoms with Crippen LogP contribution < -0.4 is 11.3 Å². The quantitative estimate of drug-likeness (QED) is 0.644.